The molecule has 2 aromatic carbocycles. The summed E-state index contributed by atoms with van der Waals surface area (Å²) in [5, 5.41) is 13.2. The lowest BCUT2D eigenvalue weighted by atomic mass is 9.83. The number of carbonyl (C=O) groups excluding carboxylic acids is 2. The Labute approximate surface area is 145 Å². The van der Waals surface area contributed by atoms with Crippen molar-refractivity contribution in [2.24, 2.45) is 11.5 Å². The van der Waals surface area contributed by atoms with Crippen LogP contribution in [0.4, 0.5) is 0 Å². The van der Waals surface area contributed by atoms with Gasteiger partial charge in [-0.3, -0.25) is 19.7 Å². The monoisotopic (exact) mass is 343 g/mol. The van der Waals surface area contributed by atoms with Crippen molar-refractivity contribution in [3.8, 4) is 0 Å². The SMILES string of the molecule is NCCC[C@](NCC(=O)O)(C(N)=O)C(=O)c1ccc2ccccc2c1. The summed E-state index contributed by atoms with van der Waals surface area (Å²) >= 11 is 0. The van der Waals surface area contributed by atoms with Gasteiger partial charge in [-0.2, -0.15) is 0 Å². The van der Waals surface area contributed by atoms with E-state index in [-0.39, 0.29) is 18.5 Å². The minimum absolute atomic E-state index is 0.0256. The van der Waals surface area contributed by atoms with Crippen molar-refractivity contribution in [3.05, 3.63) is 48.0 Å². The van der Waals surface area contributed by atoms with Gasteiger partial charge in [0.2, 0.25) is 5.91 Å². The van der Waals surface area contributed by atoms with E-state index in [0.717, 1.165) is 10.8 Å². The third-order valence-electron chi connectivity index (χ3n) is 4.12. The first-order chi connectivity index (χ1) is 11.9. The highest BCUT2D eigenvalue weighted by Crippen LogP contribution is 2.23. The summed E-state index contributed by atoms with van der Waals surface area (Å²) in [4.78, 5) is 36.1. The van der Waals surface area contributed by atoms with Crippen molar-refractivity contribution < 1.29 is 19.5 Å². The van der Waals surface area contributed by atoms with Crippen LogP contribution in [0.1, 0.15) is 23.2 Å². The maximum absolute atomic E-state index is 13.1. The van der Waals surface area contributed by atoms with E-state index >= 15 is 0 Å². The standard InChI is InChI=1S/C18H21N3O4/c19-9-3-8-18(17(20)25,21-11-15(22)23)16(24)14-7-6-12-4-1-2-5-13(12)10-14/h1-2,4-7,10,21H,3,8-9,11,19H2,(H2,20,25)(H,22,23)/t18-/m1/s1. The van der Waals surface area contributed by atoms with Crippen molar-refractivity contribution in [1.82, 2.24) is 5.32 Å². The van der Waals surface area contributed by atoms with Gasteiger partial charge in [-0.25, -0.2) is 0 Å². The highest BCUT2D eigenvalue weighted by molar-refractivity contribution is 6.18. The van der Waals surface area contributed by atoms with Crippen LogP contribution >= 0.6 is 0 Å². The van der Waals surface area contributed by atoms with Gasteiger partial charge in [0.25, 0.3) is 0 Å². The Bertz CT molecular complexity index is 806. The number of nitrogens with two attached hydrogens (primary N) is 2. The van der Waals surface area contributed by atoms with Gasteiger partial charge in [-0.05, 0) is 36.2 Å². The van der Waals surface area contributed by atoms with E-state index in [9.17, 15) is 14.4 Å². The molecule has 1 atom stereocenters. The number of nitrogens with one attached hydrogen (secondary N) is 1. The summed E-state index contributed by atoms with van der Waals surface area (Å²) in [5.74, 6) is -2.66. The Morgan fingerprint density at radius 2 is 1.76 bits per heavy atom. The summed E-state index contributed by atoms with van der Waals surface area (Å²) in [6, 6.07) is 12.5. The van der Waals surface area contributed by atoms with Gasteiger partial charge in [0.05, 0.1) is 6.54 Å². The molecular weight excluding hydrogens is 322 g/mol. The molecule has 2 aromatic rings. The Hall–Kier alpha value is -2.77. The molecule has 0 saturated heterocycles. The zero-order valence-corrected chi connectivity index (χ0v) is 13.7. The second-order valence-electron chi connectivity index (χ2n) is 5.80. The van der Waals surface area contributed by atoms with E-state index in [1.807, 2.05) is 24.3 Å². The second kappa shape index (κ2) is 7.87. The minimum atomic E-state index is -1.81. The highest BCUT2D eigenvalue weighted by Gasteiger charge is 2.44. The maximum atomic E-state index is 13.1. The molecule has 25 heavy (non-hydrogen) atoms. The number of benzene rings is 2. The Kier molecular flexibility index (Phi) is 5.84. The fourth-order valence-corrected chi connectivity index (χ4v) is 2.78. The molecule has 0 aliphatic rings. The largest absolute Gasteiger partial charge is 0.480 e. The number of hydrogen-bond donors (Lipinski definition) is 4. The van der Waals surface area contributed by atoms with Gasteiger partial charge in [-0.1, -0.05) is 36.4 Å². The van der Waals surface area contributed by atoms with Crippen LogP contribution in [0.15, 0.2) is 42.5 Å². The molecule has 132 valence electrons. The Morgan fingerprint density at radius 1 is 1.08 bits per heavy atom. The number of hydrogen-bond acceptors (Lipinski definition) is 5. The van der Waals surface area contributed by atoms with Gasteiger partial charge >= 0.3 is 5.97 Å². The zero-order valence-electron chi connectivity index (χ0n) is 13.7. The zero-order chi connectivity index (χ0) is 18.4. The molecule has 0 saturated carbocycles. The first-order valence-electron chi connectivity index (χ1n) is 7.91. The summed E-state index contributed by atoms with van der Waals surface area (Å²) in [5.41, 5.74) is 9.47. The molecule has 6 N–H and O–H groups in total. The number of primary amides is 1. The molecule has 0 aromatic heterocycles. The molecule has 0 spiro atoms. The quantitative estimate of drug-likeness (QED) is 0.390. The molecule has 2 rings (SSSR count). The minimum Gasteiger partial charge on any atom is -0.480 e. The third-order valence-corrected chi connectivity index (χ3v) is 4.12. The van der Waals surface area contributed by atoms with Crippen LogP contribution in [-0.4, -0.2) is 41.4 Å². The van der Waals surface area contributed by atoms with Crippen LogP contribution in [0.5, 0.6) is 0 Å². The summed E-state index contributed by atoms with van der Waals surface area (Å²) in [6.45, 7) is -0.318. The lowest BCUT2D eigenvalue weighted by molar-refractivity contribution is -0.136. The molecule has 0 unspecified atom stereocenters. The molecular formula is C18H21N3O4. The number of carbonyl (C=O) groups is 3. The number of Topliss-reactive ketones (excluding diaryl/α,β-unsaturated/α-hetero) is 1. The van der Waals surface area contributed by atoms with Gasteiger partial charge in [0.15, 0.2) is 11.3 Å². The number of aliphatic carboxylic acids is 1. The first-order valence-corrected chi connectivity index (χ1v) is 7.91. The second-order valence-corrected chi connectivity index (χ2v) is 5.80. The van der Waals surface area contributed by atoms with Crippen molar-refractivity contribution in [2.75, 3.05) is 13.1 Å². The van der Waals surface area contributed by atoms with E-state index in [1.54, 1.807) is 18.2 Å². The highest BCUT2D eigenvalue weighted by atomic mass is 16.4. The fraction of sp³-hybridized carbons (Fsp3) is 0.278. The van der Waals surface area contributed by atoms with Crippen LogP contribution in [0.25, 0.3) is 10.8 Å². The molecule has 0 aliphatic heterocycles. The summed E-state index contributed by atoms with van der Waals surface area (Å²) < 4.78 is 0. The van der Waals surface area contributed by atoms with Crippen molar-refractivity contribution in [2.45, 2.75) is 18.4 Å². The first kappa shape index (κ1) is 18.6. The number of carboxylic acids is 1. The van der Waals surface area contributed by atoms with Gasteiger partial charge in [-0.15, -0.1) is 0 Å². The fourth-order valence-electron chi connectivity index (χ4n) is 2.78. The molecule has 0 fully saturated rings. The Balaban J connectivity index is 2.46. The van der Waals surface area contributed by atoms with E-state index in [4.69, 9.17) is 16.6 Å². The normalized spacial score (nSPS) is 13.3. The molecule has 0 bridgehead atoms. The smallest absolute Gasteiger partial charge is 0.317 e. The van der Waals surface area contributed by atoms with Gasteiger partial charge in [0.1, 0.15) is 0 Å². The van der Waals surface area contributed by atoms with E-state index in [2.05, 4.69) is 5.32 Å². The summed E-state index contributed by atoms with van der Waals surface area (Å²) in [6.07, 6.45) is 0.368. The van der Waals surface area contributed by atoms with Crippen LogP contribution in [-0.2, 0) is 9.59 Å². The summed E-state index contributed by atoms with van der Waals surface area (Å²) in [7, 11) is 0. The molecule has 7 nitrogen and oxygen atoms in total. The van der Waals surface area contributed by atoms with Crippen LogP contribution in [0.3, 0.4) is 0 Å². The average Bonchev–Trinajstić information content (AvgIpc) is 2.60. The number of rotatable bonds is 9. The molecule has 0 heterocycles. The topological polar surface area (TPSA) is 136 Å². The number of amides is 1. The molecule has 1 amide bonds. The number of fused-ring (bicyclic) bond motifs is 1. The van der Waals surface area contributed by atoms with E-state index < -0.39 is 29.7 Å². The predicted octanol–water partition coefficient (Wildman–Crippen LogP) is 0.660. The number of ketones is 1. The maximum Gasteiger partial charge on any atom is 0.317 e. The lowest BCUT2D eigenvalue weighted by Crippen LogP contribution is -2.62. The lowest BCUT2D eigenvalue weighted by Gasteiger charge is -2.30. The van der Waals surface area contributed by atoms with E-state index in [1.165, 1.54) is 0 Å². The van der Waals surface area contributed by atoms with E-state index in [0.29, 0.717) is 6.42 Å². The van der Waals surface area contributed by atoms with Crippen LogP contribution in [0, 0.1) is 0 Å². The third kappa shape index (κ3) is 4.01. The van der Waals surface area contributed by atoms with Crippen LogP contribution < -0.4 is 16.8 Å². The molecule has 0 aliphatic carbocycles. The van der Waals surface area contributed by atoms with Crippen molar-refractivity contribution in [1.29, 1.82) is 0 Å². The Morgan fingerprint density at radius 3 is 2.36 bits per heavy atom. The van der Waals surface area contributed by atoms with Crippen molar-refractivity contribution in [3.63, 3.8) is 0 Å². The van der Waals surface area contributed by atoms with Crippen LogP contribution in [0.2, 0.25) is 0 Å². The number of carboxylic acid groups (broad SMARTS) is 1. The molecule has 0 radical (unpaired) electrons. The molecule has 7 heteroatoms. The average molecular weight is 343 g/mol. The van der Waals surface area contributed by atoms with Gasteiger partial charge < -0.3 is 16.6 Å². The predicted molar refractivity (Wildman–Crippen MR) is 94.1 cm³/mol. The van der Waals surface area contributed by atoms with Crippen molar-refractivity contribution >= 4 is 28.4 Å². The van der Waals surface area contributed by atoms with Gasteiger partial charge in [0, 0.05) is 5.56 Å².